The molecule has 0 saturated carbocycles. The van der Waals surface area contributed by atoms with Gasteiger partial charge in [0.15, 0.2) is 0 Å². The van der Waals surface area contributed by atoms with Gasteiger partial charge >= 0.3 is 6.03 Å². The number of urea groups is 1. The number of benzene rings is 2. The first-order valence-corrected chi connectivity index (χ1v) is 6.96. The zero-order valence-corrected chi connectivity index (χ0v) is 12.8. The molecule has 0 bridgehead atoms. The monoisotopic (exact) mass is 370 g/mol. The summed E-state index contributed by atoms with van der Waals surface area (Å²) in [6.45, 7) is 0. The molecule has 0 aliphatic rings. The van der Waals surface area contributed by atoms with Gasteiger partial charge in [-0.1, -0.05) is 33.6 Å². The molecule has 0 radical (unpaired) electrons. The lowest BCUT2D eigenvalue weighted by Gasteiger charge is -2.07. The molecular formula is C14H9BrClFN2O2. The predicted octanol–water partition coefficient (Wildman–Crippen LogP) is 4.20. The van der Waals surface area contributed by atoms with Gasteiger partial charge in [0.05, 0.1) is 5.56 Å². The Labute approximate surface area is 133 Å². The smallest absolute Gasteiger partial charge is 0.308 e. The van der Waals surface area contributed by atoms with Crippen molar-refractivity contribution in [3.63, 3.8) is 0 Å². The van der Waals surface area contributed by atoms with Crippen LogP contribution in [0.1, 0.15) is 10.4 Å². The molecule has 0 fully saturated rings. The third kappa shape index (κ3) is 4.27. The summed E-state index contributed by atoms with van der Waals surface area (Å²) in [5, 5.41) is 4.67. The van der Waals surface area contributed by atoms with Crippen LogP contribution in [0, 0.1) is 5.82 Å². The summed E-state index contributed by atoms with van der Waals surface area (Å²) in [5.74, 6) is -1.65. The van der Waals surface area contributed by atoms with Crippen molar-refractivity contribution in [2.45, 2.75) is 0 Å². The predicted molar refractivity (Wildman–Crippen MR) is 82.0 cm³/mol. The molecule has 21 heavy (non-hydrogen) atoms. The van der Waals surface area contributed by atoms with Crippen LogP contribution < -0.4 is 10.6 Å². The van der Waals surface area contributed by atoms with Gasteiger partial charge in [0.1, 0.15) is 5.82 Å². The molecule has 2 N–H and O–H groups in total. The lowest BCUT2D eigenvalue weighted by atomic mass is 10.2. The van der Waals surface area contributed by atoms with E-state index in [-0.39, 0.29) is 10.6 Å². The van der Waals surface area contributed by atoms with E-state index < -0.39 is 17.8 Å². The van der Waals surface area contributed by atoms with Crippen LogP contribution in [-0.4, -0.2) is 11.9 Å². The van der Waals surface area contributed by atoms with Crippen LogP contribution in [0.3, 0.4) is 0 Å². The number of carbonyl (C=O) groups excluding carboxylic acids is 2. The highest BCUT2D eigenvalue weighted by atomic mass is 79.9. The Kier molecular flexibility index (Phi) is 4.93. The minimum atomic E-state index is -0.850. The number of nitrogens with one attached hydrogen (secondary N) is 2. The Balaban J connectivity index is 2.04. The number of anilines is 1. The molecule has 2 rings (SSSR count). The average Bonchev–Trinajstić information content (AvgIpc) is 2.38. The molecule has 0 aromatic heterocycles. The Morgan fingerprint density at radius 3 is 2.57 bits per heavy atom. The molecule has 0 aliphatic heterocycles. The Bertz CT molecular complexity index is 709. The van der Waals surface area contributed by atoms with E-state index >= 15 is 0 Å². The fraction of sp³-hybridized carbons (Fsp3) is 0. The van der Waals surface area contributed by atoms with Crippen molar-refractivity contribution in [1.29, 1.82) is 0 Å². The number of rotatable bonds is 2. The van der Waals surface area contributed by atoms with Gasteiger partial charge in [-0.2, -0.15) is 0 Å². The molecule has 0 atom stereocenters. The third-order valence-electron chi connectivity index (χ3n) is 2.49. The number of hydrogen-bond donors (Lipinski definition) is 2. The minimum Gasteiger partial charge on any atom is -0.308 e. The van der Waals surface area contributed by atoms with Crippen molar-refractivity contribution in [3.8, 4) is 0 Å². The van der Waals surface area contributed by atoms with Crippen molar-refractivity contribution >= 4 is 45.2 Å². The highest BCUT2D eigenvalue weighted by molar-refractivity contribution is 9.10. The fourth-order valence-corrected chi connectivity index (χ4v) is 2.13. The molecule has 3 amide bonds. The highest BCUT2D eigenvalue weighted by Crippen LogP contribution is 2.16. The van der Waals surface area contributed by atoms with E-state index in [1.165, 1.54) is 12.1 Å². The first-order valence-electron chi connectivity index (χ1n) is 5.78. The molecule has 2 aromatic rings. The lowest BCUT2D eigenvalue weighted by molar-refractivity contribution is 0.0963. The summed E-state index contributed by atoms with van der Waals surface area (Å²) in [4.78, 5) is 23.5. The van der Waals surface area contributed by atoms with Crippen LogP contribution in [0.25, 0.3) is 0 Å². The lowest BCUT2D eigenvalue weighted by Crippen LogP contribution is -2.34. The molecule has 7 heteroatoms. The largest absolute Gasteiger partial charge is 0.326 e. The van der Waals surface area contributed by atoms with Crippen LogP contribution in [0.15, 0.2) is 46.9 Å². The van der Waals surface area contributed by atoms with Crippen molar-refractivity contribution < 1.29 is 14.0 Å². The van der Waals surface area contributed by atoms with E-state index in [2.05, 4.69) is 21.2 Å². The average molecular weight is 372 g/mol. The van der Waals surface area contributed by atoms with E-state index in [9.17, 15) is 14.0 Å². The summed E-state index contributed by atoms with van der Waals surface area (Å²) in [7, 11) is 0. The van der Waals surface area contributed by atoms with E-state index in [0.717, 1.165) is 10.5 Å². The summed E-state index contributed by atoms with van der Waals surface area (Å²) in [5.41, 5.74) is 0.232. The SMILES string of the molecule is O=C(NC(=O)c1ccc(Cl)cc1F)Nc1cccc(Br)c1. The standard InChI is InChI=1S/C14H9BrClFN2O2/c15-8-2-1-3-10(6-8)18-14(21)19-13(20)11-5-4-9(16)7-12(11)17/h1-7H,(H2,18,19,20,21). The zero-order valence-electron chi connectivity index (χ0n) is 10.5. The van der Waals surface area contributed by atoms with Crippen molar-refractivity contribution in [1.82, 2.24) is 5.32 Å². The van der Waals surface area contributed by atoms with Crippen molar-refractivity contribution in [2.75, 3.05) is 5.32 Å². The minimum absolute atomic E-state index is 0.169. The van der Waals surface area contributed by atoms with E-state index in [1.54, 1.807) is 24.3 Å². The second-order valence-corrected chi connectivity index (χ2v) is 5.39. The maximum atomic E-state index is 13.5. The van der Waals surface area contributed by atoms with Gasteiger partial charge in [-0.25, -0.2) is 9.18 Å². The molecule has 0 unspecified atom stereocenters. The second kappa shape index (κ2) is 6.69. The number of amides is 3. The number of carbonyl (C=O) groups is 2. The van der Waals surface area contributed by atoms with Crippen LogP contribution >= 0.6 is 27.5 Å². The molecular weight excluding hydrogens is 363 g/mol. The van der Waals surface area contributed by atoms with Crippen molar-refractivity contribution in [2.24, 2.45) is 0 Å². The maximum Gasteiger partial charge on any atom is 0.326 e. The highest BCUT2D eigenvalue weighted by Gasteiger charge is 2.15. The van der Waals surface area contributed by atoms with Crippen LogP contribution in [-0.2, 0) is 0 Å². The molecule has 108 valence electrons. The zero-order chi connectivity index (χ0) is 15.4. The van der Waals surface area contributed by atoms with E-state index in [1.807, 2.05) is 5.32 Å². The molecule has 2 aromatic carbocycles. The number of halogens is 3. The topological polar surface area (TPSA) is 58.2 Å². The molecule has 0 spiro atoms. The summed E-state index contributed by atoms with van der Waals surface area (Å²) < 4.78 is 14.3. The molecule has 0 aliphatic carbocycles. The Hall–Kier alpha value is -1.92. The normalized spacial score (nSPS) is 10.0. The summed E-state index contributed by atoms with van der Waals surface area (Å²) in [6, 6.07) is 9.64. The summed E-state index contributed by atoms with van der Waals surface area (Å²) in [6.07, 6.45) is 0. The molecule has 4 nitrogen and oxygen atoms in total. The molecule has 0 heterocycles. The Morgan fingerprint density at radius 2 is 1.90 bits per heavy atom. The maximum absolute atomic E-state index is 13.5. The van der Waals surface area contributed by atoms with Gasteiger partial charge < -0.3 is 5.32 Å². The van der Waals surface area contributed by atoms with Gasteiger partial charge in [0.2, 0.25) is 0 Å². The third-order valence-corrected chi connectivity index (χ3v) is 3.21. The Morgan fingerprint density at radius 1 is 1.14 bits per heavy atom. The summed E-state index contributed by atoms with van der Waals surface area (Å²) >= 11 is 8.85. The van der Waals surface area contributed by atoms with Crippen molar-refractivity contribution in [3.05, 3.63) is 63.3 Å². The number of hydrogen-bond acceptors (Lipinski definition) is 2. The number of imide groups is 1. The van der Waals surface area contributed by atoms with Gasteiger partial charge in [-0.05, 0) is 36.4 Å². The first kappa shape index (κ1) is 15.5. The van der Waals surface area contributed by atoms with E-state index in [4.69, 9.17) is 11.6 Å². The van der Waals surface area contributed by atoms with Crippen LogP contribution in [0.5, 0.6) is 0 Å². The van der Waals surface area contributed by atoms with E-state index in [0.29, 0.717) is 5.69 Å². The van der Waals surface area contributed by atoms with Gasteiger partial charge in [0, 0.05) is 15.2 Å². The first-order chi connectivity index (χ1) is 9.95. The quantitative estimate of drug-likeness (QED) is 0.831. The van der Waals surface area contributed by atoms with Gasteiger partial charge in [-0.3, -0.25) is 10.1 Å². The fourth-order valence-electron chi connectivity index (χ4n) is 1.57. The van der Waals surface area contributed by atoms with Gasteiger partial charge in [-0.15, -0.1) is 0 Å². The molecule has 0 saturated heterocycles. The second-order valence-electron chi connectivity index (χ2n) is 4.04. The van der Waals surface area contributed by atoms with Gasteiger partial charge in [0.25, 0.3) is 5.91 Å². The van der Waals surface area contributed by atoms with Crippen LogP contribution in [0.2, 0.25) is 5.02 Å². The van der Waals surface area contributed by atoms with Crippen LogP contribution in [0.4, 0.5) is 14.9 Å².